The molecule has 0 bridgehead atoms. The van der Waals surface area contributed by atoms with E-state index in [0.717, 1.165) is 16.2 Å². The summed E-state index contributed by atoms with van der Waals surface area (Å²) in [4.78, 5) is 5.21. The molecule has 16 heavy (non-hydrogen) atoms. The van der Waals surface area contributed by atoms with E-state index < -0.39 is 0 Å². The Balaban J connectivity index is 2.29. The Morgan fingerprint density at radius 1 is 1.50 bits per heavy atom. The molecule has 0 saturated heterocycles. The normalized spacial score (nSPS) is 10.7. The van der Waals surface area contributed by atoms with E-state index in [4.69, 9.17) is 21.8 Å². The molecule has 0 atom stereocenters. The third kappa shape index (κ3) is 2.58. The monoisotopic (exact) mass is 254 g/mol. The van der Waals surface area contributed by atoms with Crippen LogP contribution < -0.4 is 5.73 Å². The van der Waals surface area contributed by atoms with Gasteiger partial charge < -0.3 is 10.2 Å². The van der Waals surface area contributed by atoms with Crippen LogP contribution in [0.25, 0.3) is 0 Å². The molecule has 0 aliphatic heterocycles. The third-order valence-electron chi connectivity index (χ3n) is 2.04. The molecule has 0 radical (unpaired) electrons. The largest absolute Gasteiger partial charge is 0.439 e. The van der Waals surface area contributed by atoms with Crippen molar-refractivity contribution in [2.75, 3.05) is 0 Å². The van der Waals surface area contributed by atoms with Crippen molar-refractivity contribution in [2.24, 2.45) is 5.73 Å². The minimum atomic E-state index is 0.471. The van der Waals surface area contributed by atoms with Crippen molar-refractivity contribution in [3.63, 3.8) is 0 Å². The van der Waals surface area contributed by atoms with Gasteiger partial charge in [0.2, 0.25) is 0 Å². The van der Waals surface area contributed by atoms with E-state index in [1.54, 1.807) is 6.26 Å². The topological polar surface area (TPSA) is 52.0 Å². The number of hydrogen-bond acceptors (Lipinski definition) is 4. The van der Waals surface area contributed by atoms with E-state index in [1.807, 2.05) is 25.1 Å². The molecular weight excluding hydrogens is 244 g/mol. The highest BCUT2D eigenvalue weighted by Gasteiger charge is 2.08. The number of halogens is 1. The van der Waals surface area contributed by atoms with Crippen molar-refractivity contribution in [3.05, 3.63) is 40.7 Å². The summed E-state index contributed by atoms with van der Waals surface area (Å²) >= 11 is 7.37. The zero-order valence-electron chi connectivity index (χ0n) is 8.74. The number of oxazole rings is 1. The molecule has 0 spiro atoms. The first-order valence-electron chi connectivity index (χ1n) is 4.77. The molecule has 0 aliphatic rings. The highest BCUT2D eigenvalue weighted by Crippen LogP contribution is 2.31. The molecule has 1 aromatic carbocycles. The van der Waals surface area contributed by atoms with E-state index in [0.29, 0.717) is 16.8 Å². The van der Waals surface area contributed by atoms with Crippen LogP contribution in [0.15, 0.2) is 39.0 Å². The molecule has 1 heterocycles. The van der Waals surface area contributed by atoms with Gasteiger partial charge in [0.25, 0.3) is 5.22 Å². The van der Waals surface area contributed by atoms with E-state index >= 15 is 0 Å². The van der Waals surface area contributed by atoms with Crippen LogP contribution in [0.4, 0.5) is 0 Å². The van der Waals surface area contributed by atoms with E-state index in [-0.39, 0.29) is 0 Å². The number of aromatic nitrogens is 1. The van der Waals surface area contributed by atoms with Gasteiger partial charge in [-0.05, 0) is 36.4 Å². The molecular formula is C11H11ClN2OS. The number of nitrogens with zero attached hydrogens (tertiary/aromatic N) is 1. The second-order valence-electron chi connectivity index (χ2n) is 3.31. The van der Waals surface area contributed by atoms with Crippen molar-refractivity contribution >= 4 is 23.4 Å². The van der Waals surface area contributed by atoms with Crippen LogP contribution in [-0.2, 0) is 6.54 Å². The first-order valence-corrected chi connectivity index (χ1v) is 5.97. The molecule has 0 unspecified atom stereocenters. The summed E-state index contributed by atoms with van der Waals surface area (Å²) in [5.74, 6) is 0. The fourth-order valence-corrected chi connectivity index (χ4v) is 2.44. The van der Waals surface area contributed by atoms with Gasteiger partial charge in [-0.25, -0.2) is 4.98 Å². The van der Waals surface area contributed by atoms with Crippen LogP contribution in [0.3, 0.4) is 0 Å². The summed E-state index contributed by atoms with van der Waals surface area (Å²) in [6, 6.07) is 5.61. The number of hydrogen-bond donors (Lipinski definition) is 1. The van der Waals surface area contributed by atoms with Gasteiger partial charge in [0.15, 0.2) is 0 Å². The fourth-order valence-electron chi connectivity index (χ4n) is 1.27. The van der Waals surface area contributed by atoms with Gasteiger partial charge in [0.05, 0.1) is 5.69 Å². The third-order valence-corrected chi connectivity index (χ3v) is 3.24. The number of aryl methyl sites for hydroxylation is 1. The van der Waals surface area contributed by atoms with E-state index in [1.165, 1.54) is 11.8 Å². The molecule has 0 fully saturated rings. The second-order valence-corrected chi connectivity index (χ2v) is 4.74. The predicted molar refractivity (Wildman–Crippen MR) is 64.7 cm³/mol. The Morgan fingerprint density at radius 3 is 2.94 bits per heavy atom. The average Bonchev–Trinajstić information content (AvgIpc) is 2.64. The minimum Gasteiger partial charge on any atom is -0.439 e. The highest BCUT2D eigenvalue weighted by atomic mass is 35.5. The number of rotatable bonds is 3. The summed E-state index contributed by atoms with van der Waals surface area (Å²) in [6.45, 7) is 2.36. The van der Waals surface area contributed by atoms with E-state index in [9.17, 15) is 0 Å². The molecule has 2 N–H and O–H groups in total. The summed E-state index contributed by atoms with van der Waals surface area (Å²) in [5, 5.41) is 1.29. The van der Waals surface area contributed by atoms with Crippen molar-refractivity contribution in [3.8, 4) is 0 Å². The van der Waals surface area contributed by atoms with Crippen molar-refractivity contribution in [1.82, 2.24) is 4.98 Å². The molecule has 0 aliphatic carbocycles. The SMILES string of the molecule is Cc1coc(Sc2cc(Cl)ccc2CN)n1. The average molecular weight is 255 g/mol. The smallest absolute Gasteiger partial charge is 0.260 e. The first-order chi connectivity index (χ1) is 7.69. The van der Waals surface area contributed by atoms with Crippen LogP contribution in [0.2, 0.25) is 5.02 Å². The Morgan fingerprint density at radius 2 is 2.31 bits per heavy atom. The lowest BCUT2D eigenvalue weighted by Crippen LogP contribution is -1.97. The molecule has 0 amide bonds. The van der Waals surface area contributed by atoms with Gasteiger partial charge in [-0.2, -0.15) is 0 Å². The first kappa shape index (κ1) is 11.5. The van der Waals surface area contributed by atoms with Crippen LogP contribution in [-0.4, -0.2) is 4.98 Å². The molecule has 2 rings (SSSR count). The Kier molecular flexibility index (Phi) is 3.53. The van der Waals surface area contributed by atoms with Crippen LogP contribution in [0.1, 0.15) is 11.3 Å². The molecule has 5 heteroatoms. The highest BCUT2D eigenvalue weighted by molar-refractivity contribution is 7.99. The van der Waals surface area contributed by atoms with E-state index in [2.05, 4.69) is 4.98 Å². The van der Waals surface area contributed by atoms with Gasteiger partial charge in [0.1, 0.15) is 6.26 Å². The molecule has 84 valence electrons. The lowest BCUT2D eigenvalue weighted by Gasteiger charge is -2.05. The maximum atomic E-state index is 5.94. The molecule has 0 saturated carbocycles. The Labute approximate surface area is 103 Å². The molecule has 2 aromatic rings. The van der Waals surface area contributed by atoms with Crippen LogP contribution in [0, 0.1) is 6.92 Å². The molecule has 3 nitrogen and oxygen atoms in total. The maximum absolute atomic E-state index is 5.94. The van der Waals surface area contributed by atoms with Crippen molar-refractivity contribution < 1.29 is 4.42 Å². The zero-order valence-corrected chi connectivity index (χ0v) is 10.3. The predicted octanol–water partition coefficient (Wildman–Crippen LogP) is 3.25. The van der Waals surface area contributed by atoms with Gasteiger partial charge in [-0.3, -0.25) is 0 Å². The van der Waals surface area contributed by atoms with Gasteiger partial charge in [-0.1, -0.05) is 17.7 Å². The fraction of sp³-hybridized carbons (Fsp3) is 0.182. The summed E-state index contributed by atoms with van der Waals surface area (Å²) in [6.07, 6.45) is 1.62. The summed E-state index contributed by atoms with van der Waals surface area (Å²) < 4.78 is 5.28. The summed E-state index contributed by atoms with van der Waals surface area (Å²) in [5.41, 5.74) is 7.54. The maximum Gasteiger partial charge on any atom is 0.260 e. The Bertz CT molecular complexity index is 498. The van der Waals surface area contributed by atoms with Crippen molar-refractivity contribution in [1.29, 1.82) is 0 Å². The van der Waals surface area contributed by atoms with Crippen LogP contribution in [0.5, 0.6) is 0 Å². The van der Waals surface area contributed by atoms with Gasteiger partial charge >= 0.3 is 0 Å². The summed E-state index contributed by atoms with van der Waals surface area (Å²) in [7, 11) is 0. The lowest BCUT2D eigenvalue weighted by atomic mass is 10.2. The second kappa shape index (κ2) is 4.91. The van der Waals surface area contributed by atoms with Gasteiger partial charge in [0, 0.05) is 16.5 Å². The van der Waals surface area contributed by atoms with Gasteiger partial charge in [-0.15, -0.1) is 0 Å². The number of benzene rings is 1. The van der Waals surface area contributed by atoms with Crippen molar-refractivity contribution in [2.45, 2.75) is 23.6 Å². The minimum absolute atomic E-state index is 0.471. The zero-order chi connectivity index (χ0) is 11.5. The number of nitrogens with two attached hydrogens (primary N) is 1. The standard InChI is InChI=1S/C11H11ClN2OS/c1-7-6-15-11(14-7)16-10-4-9(12)3-2-8(10)5-13/h2-4,6H,5,13H2,1H3. The van der Waals surface area contributed by atoms with Crippen LogP contribution >= 0.6 is 23.4 Å². The lowest BCUT2D eigenvalue weighted by molar-refractivity contribution is 0.454. The Hall–Kier alpha value is -0.970. The quantitative estimate of drug-likeness (QED) is 0.914. The molecule has 1 aromatic heterocycles.